The largest absolute Gasteiger partial charge is 0.382 e. The molecule has 21 heavy (non-hydrogen) atoms. The maximum absolute atomic E-state index is 5.52. The second kappa shape index (κ2) is 9.90. The van der Waals surface area contributed by atoms with Crippen LogP contribution in [0, 0.1) is 0 Å². The Kier molecular flexibility index (Phi) is 7.75. The van der Waals surface area contributed by atoms with E-state index in [0.29, 0.717) is 19.3 Å². The summed E-state index contributed by atoms with van der Waals surface area (Å²) in [7, 11) is 1.71. The molecule has 1 aromatic carbocycles. The molecule has 2 rings (SSSR count). The Balaban J connectivity index is 1.62. The highest BCUT2D eigenvalue weighted by atomic mass is 16.5. The second-order valence-electron chi connectivity index (χ2n) is 5.60. The summed E-state index contributed by atoms with van der Waals surface area (Å²) >= 11 is 0. The standard InChI is InChI=1S/C17H28N2O2/c1-20-12-13-21-11-5-9-19-10-8-18-17(15-19)14-16-6-3-2-4-7-16/h2-4,6-7,17-18H,5,8-15H2,1H3. The number of nitrogens with one attached hydrogen (secondary N) is 1. The summed E-state index contributed by atoms with van der Waals surface area (Å²) < 4.78 is 10.5. The number of rotatable bonds is 9. The SMILES string of the molecule is COCCOCCCN1CCNC(Cc2ccccc2)C1. The van der Waals surface area contributed by atoms with E-state index in [4.69, 9.17) is 9.47 Å². The summed E-state index contributed by atoms with van der Waals surface area (Å²) in [5.74, 6) is 0. The van der Waals surface area contributed by atoms with Crippen LogP contribution in [0.2, 0.25) is 0 Å². The van der Waals surface area contributed by atoms with Gasteiger partial charge in [-0.05, 0) is 18.4 Å². The first-order valence-electron chi connectivity index (χ1n) is 7.95. The fourth-order valence-electron chi connectivity index (χ4n) is 2.77. The molecule has 0 spiro atoms. The Labute approximate surface area is 128 Å². The summed E-state index contributed by atoms with van der Waals surface area (Å²) in [5, 5.41) is 3.63. The molecule has 118 valence electrons. The summed E-state index contributed by atoms with van der Waals surface area (Å²) in [6, 6.07) is 11.3. The topological polar surface area (TPSA) is 33.7 Å². The zero-order valence-corrected chi connectivity index (χ0v) is 13.1. The lowest BCUT2D eigenvalue weighted by Crippen LogP contribution is -2.51. The first kappa shape index (κ1) is 16.4. The van der Waals surface area contributed by atoms with Gasteiger partial charge in [-0.3, -0.25) is 0 Å². The molecular weight excluding hydrogens is 264 g/mol. The molecule has 0 bridgehead atoms. The summed E-state index contributed by atoms with van der Waals surface area (Å²) in [6.07, 6.45) is 2.21. The van der Waals surface area contributed by atoms with Gasteiger partial charge in [-0.2, -0.15) is 0 Å². The predicted molar refractivity (Wildman–Crippen MR) is 85.7 cm³/mol. The monoisotopic (exact) mass is 292 g/mol. The van der Waals surface area contributed by atoms with Crippen LogP contribution >= 0.6 is 0 Å². The number of nitrogens with zero attached hydrogens (tertiary/aromatic N) is 1. The van der Waals surface area contributed by atoms with Crippen molar-refractivity contribution >= 4 is 0 Å². The minimum Gasteiger partial charge on any atom is -0.382 e. The van der Waals surface area contributed by atoms with Gasteiger partial charge >= 0.3 is 0 Å². The minimum absolute atomic E-state index is 0.565. The minimum atomic E-state index is 0.565. The van der Waals surface area contributed by atoms with Crippen molar-refractivity contribution in [1.29, 1.82) is 0 Å². The highest BCUT2D eigenvalue weighted by Gasteiger charge is 2.18. The molecule has 1 saturated heterocycles. The second-order valence-corrected chi connectivity index (χ2v) is 5.60. The Hall–Kier alpha value is -0.940. The Morgan fingerprint density at radius 3 is 2.86 bits per heavy atom. The molecule has 1 heterocycles. The molecule has 1 aliphatic rings. The average Bonchev–Trinajstić information content (AvgIpc) is 2.52. The number of methoxy groups -OCH3 is 1. The van der Waals surface area contributed by atoms with Crippen LogP contribution in [-0.4, -0.2) is 64.1 Å². The molecule has 0 saturated carbocycles. The van der Waals surface area contributed by atoms with E-state index >= 15 is 0 Å². The van der Waals surface area contributed by atoms with Crippen molar-refractivity contribution in [2.45, 2.75) is 18.9 Å². The van der Waals surface area contributed by atoms with Gasteiger partial charge in [0.2, 0.25) is 0 Å². The third kappa shape index (κ3) is 6.57. The lowest BCUT2D eigenvalue weighted by atomic mass is 10.0. The smallest absolute Gasteiger partial charge is 0.0700 e. The van der Waals surface area contributed by atoms with Crippen LogP contribution in [-0.2, 0) is 15.9 Å². The molecule has 0 radical (unpaired) electrons. The molecular formula is C17H28N2O2. The zero-order chi connectivity index (χ0) is 14.8. The number of hydrogen-bond acceptors (Lipinski definition) is 4. The van der Waals surface area contributed by atoms with Crippen molar-refractivity contribution in [2.24, 2.45) is 0 Å². The number of ether oxygens (including phenoxy) is 2. The van der Waals surface area contributed by atoms with Crippen LogP contribution in [0.5, 0.6) is 0 Å². The first-order chi connectivity index (χ1) is 10.4. The molecule has 4 heteroatoms. The van der Waals surface area contributed by atoms with Crippen LogP contribution in [0.15, 0.2) is 30.3 Å². The summed E-state index contributed by atoms with van der Waals surface area (Å²) in [6.45, 7) is 6.70. The first-order valence-corrected chi connectivity index (χ1v) is 7.95. The maximum atomic E-state index is 5.52. The van der Waals surface area contributed by atoms with Gasteiger partial charge in [-0.15, -0.1) is 0 Å². The third-order valence-electron chi connectivity index (χ3n) is 3.86. The fraction of sp³-hybridized carbons (Fsp3) is 0.647. The molecule has 0 amide bonds. The Bertz CT molecular complexity index is 372. The third-order valence-corrected chi connectivity index (χ3v) is 3.86. The Morgan fingerprint density at radius 1 is 1.19 bits per heavy atom. The van der Waals surface area contributed by atoms with E-state index in [1.54, 1.807) is 7.11 Å². The molecule has 1 N–H and O–H groups in total. The molecule has 0 aromatic heterocycles. The number of benzene rings is 1. The van der Waals surface area contributed by atoms with Gasteiger partial charge in [0.1, 0.15) is 0 Å². The molecule has 1 unspecified atom stereocenters. The van der Waals surface area contributed by atoms with Crippen molar-refractivity contribution in [2.75, 3.05) is 53.1 Å². The van der Waals surface area contributed by atoms with E-state index < -0.39 is 0 Å². The summed E-state index contributed by atoms with van der Waals surface area (Å²) in [5.41, 5.74) is 1.42. The molecule has 1 atom stereocenters. The van der Waals surface area contributed by atoms with Gasteiger partial charge in [0.05, 0.1) is 13.2 Å². The van der Waals surface area contributed by atoms with Gasteiger partial charge in [0, 0.05) is 45.9 Å². The van der Waals surface area contributed by atoms with E-state index in [0.717, 1.165) is 45.6 Å². The average molecular weight is 292 g/mol. The highest BCUT2D eigenvalue weighted by molar-refractivity contribution is 5.16. The predicted octanol–water partition coefficient (Wildman–Crippen LogP) is 1.56. The van der Waals surface area contributed by atoms with Crippen molar-refractivity contribution in [3.05, 3.63) is 35.9 Å². The fourth-order valence-corrected chi connectivity index (χ4v) is 2.77. The van der Waals surface area contributed by atoms with Crippen LogP contribution in [0.25, 0.3) is 0 Å². The van der Waals surface area contributed by atoms with Crippen LogP contribution in [0.3, 0.4) is 0 Å². The van der Waals surface area contributed by atoms with E-state index in [2.05, 4.69) is 40.5 Å². The quantitative estimate of drug-likeness (QED) is 0.700. The van der Waals surface area contributed by atoms with Gasteiger partial charge in [0.25, 0.3) is 0 Å². The van der Waals surface area contributed by atoms with E-state index in [9.17, 15) is 0 Å². The zero-order valence-electron chi connectivity index (χ0n) is 13.1. The lowest BCUT2D eigenvalue weighted by molar-refractivity contribution is 0.0635. The molecule has 1 fully saturated rings. The van der Waals surface area contributed by atoms with Crippen molar-refractivity contribution < 1.29 is 9.47 Å². The summed E-state index contributed by atoms with van der Waals surface area (Å²) in [4.78, 5) is 2.55. The van der Waals surface area contributed by atoms with Gasteiger partial charge in [0.15, 0.2) is 0 Å². The van der Waals surface area contributed by atoms with Gasteiger partial charge < -0.3 is 19.7 Å². The Morgan fingerprint density at radius 2 is 2.05 bits per heavy atom. The number of hydrogen-bond donors (Lipinski definition) is 1. The molecule has 0 aliphatic carbocycles. The highest BCUT2D eigenvalue weighted by Crippen LogP contribution is 2.08. The van der Waals surface area contributed by atoms with Crippen molar-refractivity contribution in [3.8, 4) is 0 Å². The number of piperazine rings is 1. The van der Waals surface area contributed by atoms with Gasteiger partial charge in [-0.1, -0.05) is 30.3 Å². The van der Waals surface area contributed by atoms with E-state index in [1.165, 1.54) is 5.56 Å². The lowest BCUT2D eigenvalue weighted by Gasteiger charge is -2.33. The normalized spacial score (nSPS) is 19.8. The molecule has 4 nitrogen and oxygen atoms in total. The van der Waals surface area contributed by atoms with Crippen LogP contribution < -0.4 is 5.32 Å². The van der Waals surface area contributed by atoms with Crippen molar-refractivity contribution in [1.82, 2.24) is 10.2 Å². The van der Waals surface area contributed by atoms with Crippen LogP contribution in [0.4, 0.5) is 0 Å². The maximum Gasteiger partial charge on any atom is 0.0700 e. The van der Waals surface area contributed by atoms with E-state index in [1.807, 2.05) is 0 Å². The van der Waals surface area contributed by atoms with Crippen molar-refractivity contribution in [3.63, 3.8) is 0 Å². The van der Waals surface area contributed by atoms with Gasteiger partial charge in [-0.25, -0.2) is 0 Å². The van der Waals surface area contributed by atoms with Crippen LogP contribution in [0.1, 0.15) is 12.0 Å². The molecule has 1 aliphatic heterocycles. The molecule has 1 aromatic rings. The van der Waals surface area contributed by atoms with E-state index in [-0.39, 0.29) is 0 Å².